The van der Waals surface area contributed by atoms with E-state index in [0.29, 0.717) is 17.1 Å². The van der Waals surface area contributed by atoms with E-state index in [1.54, 1.807) is 19.2 Å². The highest BCUT2D eigenvalue weighted by atomic mass is 16.1. The van der Waals surface area contributed by atoms with Crippen LogP contribution < -0.4 is 5.73 Å². The van der Waals surface area contributed by atoms with E-state index in [2.05, 4.69) is 15.5 Å². The Morgan fingerprint density at radius 3 is 2.82 bits per heavy atom. The molecule has 0 aliphatic heterocycles. The van der Waals surface area contributed by atoms with Gasteiger partial charge in [-0.05, 0) is 35.0 Å². The van der Waals surface area contributed by atoms with Gasteiger partial charge in [0.25, 0.3) is 0 Å². The topological polar surface area (TPSA) is 86.7 Å². The molecule has 6 nitrogen and oxygen atoms in total. The number of ketones is 1. The molecule has 1 aromatic heterocycles. The summed E-state index contributed by atoms with van der Waals surface area (Å²) in [6, 6.07) is 5.37. The predicted molar refractivity (Wildman–Crippen MR) is 62.4 cm³/mol. The molecule has 0 bridgehead atoms. The Hall–Kier alpha value is -2.24. The second-order valence-corrected chi connectivity index (χ2v) is 3.91. The Morgan fingerprint density at radius 1 is 1.47 bits per heavy atom. The molecule has 0 aliphatic carbocycles. The van der Waals surface area contributed by atoms with Crippen molar-refractivity contribution in [3.05, 3.63) is 35.2 Å². The van der Waals surface area contributed by atoms with Gasteiger partial charge in [-0.25, -0.2) is 4.68 Å². The maximum atomic E-state index is 12.0. The monoisotopic (exact) mass is 231 g/mol. The van der Waals surface area contributed by atoms with Crippen LogP contribution in [0, 0.1) is 6.92 Å². The maximum absolute atomic E-state index is 12.0. The normalized spacial score (nSPS) is 10.5. The fourth-order valence-corrected chi connectivity index (χ4v) is 1.57. The number of hydrogen-bond acceptors (Lipinski definition) is 5. The molecule has 1 heterocycles. The van der Waals surface area contributed by atoms with Crippen molar-refractivity contribution in [1.29, 1.82) is 0 Å². The van der Waals surface area contributed by atoms with Crippen molar-refractivity contribution in [2.24, 2.45) is 7.05 Å². The van der Waals surface area contributed by atoms with Crippen LogP contribution in [0.5, 0.6) is 0 Å². The highest BCUT2D eigenvalue weighted by molar-refractivity contribution is 6.01. The van der Waals surface area contributed by atoms with Crippen LogP contribution in [0.3, 0.4) is 0 Å². The number of hydrogen-bond donors (Lipinski definition) is 1. The SMILES string of the molecule is Cc1ccc(C(=O)Cc2nnnn2C)c(N)c1. The van der Waals surface area contributed by atoms with Gasteiger partial charge in [0, 0.05) is 18.3 Å². The van der Waals surface area contributed by atoms with Gasteiger partial charge in [0.05, 0.1) is 6.42 Å². The van der Waals surface area contributed by atoms with Gasteiger partial charge in [0.1, 0.15) is 0 Å². The van der Waals surface area contributed by atoms with Gasteiger partial charge in [0.15, 0.2) is 11.6 Å². The molecule has 0 radical (unpaired) electrons. The Morgan fingerprint density at radius 2 is 2.24 bits per heavy atom. The third-order valence-corrected chi connectivity index (χ3v) is 2.53. The molecule has 17 heavy (non-hydrogen) atoms. The Labute approximate surface area is 98.4 Å². The quantitative estimate of drug-likeness (QED) is 0.615. The fraction of sp³-hybridized carbons (Fsp3) is 0.273. The summed E-state index contributed by atoms with van der Waals surface area (Å²) in [5.74, 6) is 0.440. The molecular formula is C11H13N5O. The molecule has 0 saturated carbocycles. The average molecular weight is 231 g/mol. The lowest BCUT2D eigenvalue weighted by Gasteiger charge is -2.05. The van der Waals surface area contributed by atoms with Gasteiger partial charge < -0.3 is 5.73 Å². The van der Waals surface area contributed by atoms with Crippen molar-refractivity contribution in [2.75, 3.05) is 5.73 Å². The number of nitrogen functional groups attached to an aromatic ring is 1. The largest absolute Gasteiger partial charge is 0.398 e. The van der Waals surface area contributed by atoms with E-state index in [1.807, 2.05) is 13.0 Å². The van der Waals surface area contributed by atoms with E-state index >= 15 is 0 Å². The molecule has 2 rings (SSSR count). The van der Waals surface area contributed by atoms with E-state index in [-0.39, 0.29) is 12.2 Å². The number of carbonyl (C=O) groups is 1. The highest BCUT2D eigenvalue weighted by Gasteiger charge is 2.13. The van der Waals surface area contributed by atoms with Gasteiger partial charge in [-0.15, -0.1) is 5.10 Å². The molecule has 0 atom stereocenters. The molecule has 6 heteroatoms. The summed E-state index contributed by atoms with van der Waals surface area (Å²) < 4.78 is 1.47. The van der Waals surface area contributed by atoms with Crippen molar-refractivity contribution in [3.8, 4) is 0 Å². The summed E-state index contributed by atoms with van der Waals surface area (Å²) in [5, 5.41) is 10.9. The van der Waals surface area contributed by atoms with E-state index in [9.17, 15) is 4.79 Å². The molecule has 2 N–H and O–H groups in total. The zero-order valence-corrected chi connectivity index (χ0v) is 9.71. The van der Waals surface area contributed by atoms with Gasteiger partial charge >= 0.3 is 0 Å². The van der Waals surface area contributed by atoms with Crippen LogP contribution in [-0.2, 0) is 13.5 Å². The van der Waals surface area contributed by atoms with Gasteiger partial charge in [-0.3, -0.25) is 4.79 Å². The number of benzene rings is 1. The van der Waals surface area contributed by atoms with Crippen molar-refractivity contribution in [3.63, 3.8) is 0 Å². The van der Waals surface area contributed by atoms with E-state index < -0.39 is 0 Å². The molecule has 0 spiro atoms. The van der Waals surface area contributed by atoms with Gasteiger partial charge in [-0.1, -0.05) is 6.07 Å². The number of nitrogens with two attached hydrogens (primary N) is 1. The van der Waals surface area contributed by atoms with Crippen LogP contribution in [0.4, 0.5) is 5.69 Å². The van der Waals surface area contributed by atoms with E-state index in [4.69, 9.17) is 5.73 Å². The predicted octanol–water partition coefficient (Wildman–Crippen LogP) is 0.526. The average Bonchev–Trinajstić information content (AvgIpc) is 2.64. The fourth-order valence-electron chi connectivity index (χ4n) is 1.57. The standard InChI is InChI=1S/C11H13N5O/c1-7-3-4-8(9(12)5-7)10(17)6-11-13-14-15-16(11)2/h3-5H,6,12H2,1-2H3. The zero-order valence-electron chi connectivity index (χ0n) is 9.71. The number of Topliss-reactive ketones (excluding diaryl/α,β-unsaturated/α-hetero) is 1. The van der Waals surface area contributed by atoms with E-state index in [1.165, 1.54) is 4.68 Å². The highest BCUT2D eigenvalue weighted by Crippen LogP contribution is 2.15. The van der Waals surface area contributed by atoms with Crippen molar-refractivity contribution >= 4 is 11.5 Å². The lowest BCUT2D eigenvalue weighted by molar-refractivity contribution is 0.0990. The first kappa shape index (κ1) is 11.3. The summed E-state index contributed by atoms with van der Waals surface area (Å²) in [4.78, 5) is 12.0. The smallest absolute Gasteiger partial charge is 0.172 e. The van der Waals surface area contributed by atoms with Crippen molar-refractivity contribution in [1.82, 2.24) is 20.2 Å². The Bertz CT molecular complexity index is 561. The number of nitrogens with zero attached hydrogens (tertiary/aromatic N) is 4. The molecule has 0 aliphatic rings. The minimum absolute atomic E-state index is 0.0830. The van der Waals surface area contributed by atoms with Crippen LogP contribution in [0.1, 0.15) is 21.7 Å². The lowest BCUT2D eigenvalue weighted by atomic mass is 10.0. The third-order valence-electron chi connectivity index (χ3n) is 2.53. The summed E-state index contributed by atoms with van der Waals surface area (Å²) in [7, 11) is 1.70. The number of aryl methyl sites for hydroxylation is 2. The second-order valence-electron chi connectivity index (χ2n) is 3.91. The van der Waals surface area contributed by atoms with Gasteiger partial charge in [0.2, 0.25) is 0 Å². The maximum Gasteiger partial charge on any atom is 0.172 e. The summed E-state index contributed by atoms with van der Waals surface area (Å²) in [6.45, 7) is 1.93. The molecule has 0 amide bonds. The van der Waals surface area contributed by atoms with Crippen LogP contribution in [0.15, 0.2) is 18.2 Å². The lowest BCUT2D eigenvalue weighted by Crippen LogP contribution is -2.11. The van der Waals surface area contributed by atoms with Crippen LogP contribution in [0.2, 0.25) is 0 Å². The summed E-state index contributed by atoms with van der Waals surface area (Å²) in [5.41, 5.74) is 7.84. The molecule has 88 valence electrons. The van der Waals surface area contributed by atoms with Crippen LogP contribution in [-0.4, -0.2) is 26.0 Å². The number of tetrazole rings is 1. The van der Waals surface area contributed by atoms with Crippen LogP contribution in [0.25, 0.3) is 0 Å². The van der Waals surface area contributed by atoms with Crippen LogP contribution >= 0.6 is 0 Å². The summed E-state index contributed by atoms with van der Waals surface area (Å²) in [6.07, 6.45) is 0.150. The van der Waals surface area contributed by atoms with Crippen molar-refractivity contribution < 1.29 is 4.79 Å². The molecule has 1 aromatic carbocycles. The first-order valence-electron chi connectivity index (χ1n) is 5.18. The zero-order chi connectivity index (χ0) is 12.4. The molecule has 0 saturated heterocycles. The Balaban J connectivity index is 2.23. The third kappa shape index (κ3) is 2.30. The number of aromatic nitrogens is 4. The van der Waals surface area contributed by atoms with E-state index in [0.717, 1.165) is 5.56 Å². The summed E-state index contributed by atoms with van der Waals surface area (Å²) >= 11 is 0. The molecule has 2 aromatic rings. The second kappa shape index (κ2) is 4.32. The number of carbonyl (C=O) groups excluding carboxylic acids is 1. The minimum atomic E-state index is -0.0830. The molecular weight excluding hydrogens is 218 g/mol. The molecule has 0 unspecified atom stereocenters. The minimum Gasteiger partial charge on any atom is -0.398 e. The number of anilines is 1. The Kier molecular flexibility index (Phi) is 2.86. The molecule has 0 fully saturated rings. The van der Waals surface area contributed by atoms with Crippen molar-refractivity contribution in [2.45, 2.75) is 13.3 Å². The first-order valence-corrected chi connectivity index (χ1v) is 5.18. The number of rotatable bonds is 3. The first-order chi connectivity index (χ1) is 8.08. The van der Waals surface area contributed by atoms with Gasteiger partial charge in [-0.2, -0.15) is 0 Å².